The average molecular weight is 266 g/mol. The molecule has 1 aromatic rings. The topological polar surface area (TPSA) is 63.4 Å². The van der Waals surface area contributed by atoms with Gasteiger partial charge in [0.1, 0.15) is 0 Å². The van der Waals surface area contributed by atoms with Crippen LogP contribution in [0.15, 0.2) is 23.1 Å². The summed E-state index contributed by atoms with van der Waals surface area (Å²) in [5, 5.41) is 0. The van der Waals surface area contributed by atoms with Crippen molar-refractivity contribution in [1.29, 1.82) is 0 Å². The highest BCUT2D eigenvalue weighted by atomic mass is 32.2. The van der Waals surface area contributed by atoms with E-state index < -0.39 is 10.0 Å². The highest BCUT2D eigenvalue weighted by molar-refractivity contribution is 7.89. The Labute approximate surface area is 108 Å². The third-order valence-corrected chi connectivity index (χ3v) is 6.13. The molecule has 0 radical (unpaired) electrons. The number of aryl methyl sites for hydroxylation is 1. The number of sulfonamides is 1. The Morgan fingerprint density at radius 2 is 2.11 bits per heavy atom. The van der Waals surface area contributed by atoms with E-state index in [9.17, 15) is 8.42 Å². The third-order valence-electron chi connectivity index (χ3n) is 4.22. The van der Waals surface area contributed by atoms with Crippen LogP contribution < -0.4 is 5.73 Å². The minimum absolute atomic E-state index is 0.211. The fourth-order valence-corrected chi connectivity index (χ4v) is 4.87. The van der Waals surface area contributed by atoms with Gasteiger partial charge in [-0.2, -0.15) is 4.31 Å². The summed E-state index contributed by atoms with van der Waals surface area (Å²) in [6.07, 6.45) is 3.21. The summed E-state index contributed by atoms with van der Waals surface area (Å²) in [6.45, 7) is 2.56. The molecule has 3 rings (SSSR count). The van der Waals surface area contributed by atoms with Gasteiger partial charge in [0.2, 0.25) is 10.0 Å². The summed E-state index contributed by atoms with van der Waals surface area (Å²) in [5.41, 5.74) is 7.26. The maximum Gasteiger partial charge on any atom is 0.243 e. The number of piperidine rings is 1. The van der Waals surface area contributed by atoms with Crippen molar-refractivity contribution in [3.63, 3.8) is 0 Å². The van der Waals surface area contributed by atoms with Crippen molar-refractivity contribution in [3.8, 4) is 0 Å². The predicted octanol–water partition coefficient (Wildman–Crippen LogP) is 1.75. The first kappa shape index (κ1) is 12.0. The van der Waals surface area contributed by atoms with Gasteiger partial charge in [-0.1, -0.05) is 6.07 Å². The molecule has 0 amide bonds. The number of benzene rings is 1. The summed E-state index contributed by atoms with van der Waals surface area (Å²) in [4.78, 5) is 0.332. The first-order valence-electron chi connectivity index (χ1n) is 6.36. The number of hydrogen-bond acceptors (Lipinski definition) is 3. The molecule has 5 heteroatoms. The Bertz CT molecular complexity index is 583. The summed E-state index contributed by atoms with van der Waals surface area (Å²) < 4.78 is 26.8. The highest BCUT2D eigenvalue weighted by Gasteiger charge is 2.44. The molecule has 4 nitrogen and oxygen atoms in total. The number of rotatable bonds is 2. The van der Waals surface area contributed by atoms with Crippen molar-refractivity contribution in [1.82, 2.24) is 4.31 Å². The Balaban J connectivity index is 1.97. The van der Waals surface area contributed by atoms with Gasteiger partial charge in [-0.25, -0.2) is 8.42 Å². The highest BCUT2D eigenvalue weighted by Crippen LogP contribution is 2.40. The fraction of sp³-hybridized carbons (Fsp3) is 0.538. The minimum Gasteiger partial charge on any atom is -0.398 e. The molecular formula is C13H18N2O2S. The Hall–Kier alpha value is -1.07. The van der Waals surface area contributed by atoms with Crippen molar-refractivity contribution in [3.05, 3.63) is 23.8 Å². The van der Waals surface area contributed by atoms with Crippen LogP contribution in [0, 0.1) is 12.8 Å². The first-order valence-corrected chi connectivity index (χ1v) is 7.80. The molecule has 2 fully saturated rings. The zero-order valence-electron chi connectivity index (χ0n) is 10.5. The van der Waals surface area contributed by atoms with Gasteiger partial charge in [0, 0.05) is 18.3 Å². The average Bonchev–Trinajstić information content (AvgIpc) is 2.94. The molecule has 1 aromatic carbocycles. The Morgan fingerprint density at radius 1 is 1.33 bits per heavy atom. The number of nitrogens with zero attached hydrogens (tertiary/aromatic N) is 1. The van der Waals surface area contributed by atoms with Crippen LogP contribution in [0.1, 0.15) is 24.8 Å². The minimum atomic E-state index is -3.36. The van der Waals surface area contributed by atoms with Crippen molar-refractivity contribution < 1.29 is 8.42 Å². The van der Waals surface area contributed by atoms with Crippen LogP contribution in [0.4, 0.5) is 5.69 Å². The molecule has 1 saturated carbocycles. The monoisotopic (exact) mass is 266 g/mol. The van der Waals surface area contributed by atoms with Gasteiger partial charge in [0.15, 0.2) is 0 Å². The summed E-state index contributed by atoms with van der Waals surface area (Å²) in [6, 6.07) is 5.22. The molecule has 1 heterocycles. The van der Waals surface area contributed by atoms with Crippen LogP contribution in [0.2, 0.25) is 0 Å². The van der Waals surface area contributed by atoms with Crippen LogP contribution in [-0.2, 0) is 10.0 Å². The molecule has 1 saturated heterocycles. The standard InChI is InChI=1S/C13H18N2O2S/c1-9-2-5-12(7-13(9)14)18(16,17)15-8-10-3-4-11(15)6-10/h2,5,7,10-11H,3-4,6,8,14H2,1H3. The number of nitrogen functional groups attached to an aromatic ring is 1. The quantitative estimate of drug-likeness (QED) is 0.829. The Kier molecular flexibility index (Phi) is 2.64. The second kappa shape index (κ2) is 3.96. The van der Waals surface area contributed by atoms with E-state index in [4.69, 9.17) is 5.73 Å². The molecule has 2 atom stereocenters. The van der Waals surface area contributed by atoms with Crippen LogP contribution in [-0.4, -0.2) is 25.3 Å². The van der Waals surface area contributed by atoms with Gasteiger partial charge in [-0.05, 0) is 49.8 Å². The summed E-state index contributed by atoms with van der Waals surface area (Å²) >= 11 is 0. The normalized spacial score (nSPS) is 27.8. The lowest BCUT2D eigenvalue weighted by atomic mass is 10.1. The molecular weight excluding hydrogens is 248 g/mol. The summed E-state index contributed by atoms with van der Waals surface area (Å²) in [5.74, 6) is 0.563. The van der Waals surface area contributed by atoms with Crippen LogP contribution in [0.5, 0.6) is 0 Å². The third kappa shape index (κ3) is 1.73. The van der Waals surface area contributed by atoms with Crippen molar-refractivity contribution in [2.75, 3.05) is 12.3 Å². The van der Waals surface area contributed by atoms with Crippen LogP contribution in [0.25, 0.3) is 0 Å². The van der Waals surface area contributed by atoms with E-state index in [0.717, 1.165) is 18.4 Å². The Morgan fingerprint density at radius 3 is 2.67 bits per heavy atom. The number of anilines is 1. The second-order valence-corrected chi connectivity index (χ2v) is 7.32. The van der Waals surface area contributed by atoms with Crippen molar-refractivity contribution in [2.45, 2.75) is 37.1 Å². The van der Waals surface area contributed by atoms with Gasteiger partial charge in [0.05, 0.1) is 4.90 Å². The molecule has 2 N–H and O–H groups in total. The van der Waals surface area contributed by atoms with E-state index in [2.05, 4.69) is 0 Å². The van der Waals surface area contributed by atoms with Crippen LogP contribution in [0.3, 0.4) is 0 Å². The second-order valence-electron chi connectivity index (χ2n) is 5.43. The molecule has 2 bridgehead atoms. The number of hydrogen-bond donors (Lipinski definition) is 1. The first-order chi connectivity index (χ1) is 8.48. The van der Waals surface area contributed by atoms with E-state index in [1.54, 1.807) is 22.5 Å². The largest absolute Gasteiger partial charge is 0.398 e. The lowest BCUT2D eigenvalue weighted by Gasteiger charge is -2.26. The maximum atomic E-state index is 12.6. The fourth-order valence-electron chi connectivity index (χ4n) is 3.09. The van der Waals surface area contributed by atoms with E-state index >= 15 is 0 Å². The molecule has 2 aliphatic rings. The lowest BCUT2D eigenvalue weighted by Crippen LogP contribution is -2.37. The van der Waals surface area contributed by atoms with Gasteiger partial charge >= 0.3 is 0 Å². The molecule has 0 aromatic heterocycles. The summed E-state index contributed by atoms with van der Waals surface area (Å²) in [7, 11) is -3.36. The van der Waals surface area contributed by atoms with Crippen LogP contribution >= 0.6 is 0 Å². The molecule has 1 aliphatic carbocycles. The SMILES string of the molecule is Cc1ccc(S(=O)(=O)N2CC3CCC2C3)cc1N. The zero-order chi connectivity index (χ0) is 12.9. The van der Waals surface area contributed by atoms with Gasteiger partial charge < -0.3 is 5.73 Å². The van der Waals surface area contributed by atoms with Gasteiger partial charge in [0.25, 0.3) is 0 Å². The number of nitrogens with two attached hydrogens (primary N) is 1. The smallest absolute Gasteiger partial charge is 0.243 e. The van der Waals surface area contributed by atoms with E-state index in [1.165, 1.54) is 6.42 Å². The van der Waals surface area contributed by atoms with E-state index in [0.29, 0.717) is 23.0 Å². The number of fused-ring (bicyclic) bond motifs is 2. The molecule has 98 valence electrons. The van der Waals surface area contributed by atoms with Gasteiger partial charge in [-0.3, -0.25) is 0 Å². The molecule has 0 spiro atoms. The molecule has 1 aliphatic heterocycles. The van der Waals surface area contributed by atoms with Crippen molar-refractivity contribution in [2.24, 2.45) is 5.92 Å². The predicted molar refractivity (Wildman–Crippen MR) is 70.6 cm³/mol. The zero-order valence-corrected chi connectivity index (χ0v) is 11.3. The van der Waals surface area contributed by atoms with E-state index in [1.807, 2.05) is 6.92 Å². The van der Waals surface area contributed by atoms with E-state index in [-0.39, 0.29) is 6.04 Å². The lowest BCUT2D eigenvalue weighted by molar-refractivity contribution is 0.333. The van der Waals surface area contributed by atoms with Gasteiger partial charge in [-0.15, -0.1) is 0 Å². The maximum absolute atomic E-state index is 12.6. The molecule has 2 unspecified atom stereocenters. The molecule has 18 heavy (non-hydrogen) atoms. The van der Waals surface area contributed by atoms with Crippen molar-refractivity contribution >= 4 is 15.7 Å².